The molecule has 0 radical (unpaired) electrons. The lowest BCUT2D eigenvalue weighted by Crippen LogP contribution is -2.31. The second-order valence-electron chi connectivity index (χ2n) is 6.07. The summed E-state index contributed by atoms with van der Waals surface area (Å²) in [5, 5.41) is 6.26. The fourth-order valence-electron chi connectivity index (χ4n) is 3.37. The number of nitrogens with one attached hydrogen (secondary N) is 2. The van der Waals surface area contributed by atoms with E-state index in [4.69, 9.17) is 4.74 Å². The molecule has 1 saturated heterocycles. The van der Waals surface area contributed by atoms with Gasteiger partial charge in [-0.25, -0.2) is 4.79 Å². The number of anilines is 1. The SMILES string of the molecule is COC(=O)c1cc(NC(=O)C2CC23CCNCC3)cn1C.Cl. The fraction of sp³-hybridized carbons (Fsp3) is 0.600. The number of carbonyl (C=O) groups excluding carboxylic acids is 2. The Balaban J connectivity index is 0.00000176. The van der Waals surface area contributed by atoms with E-state index in [-0.39, 0.29) is 29.6 Å². The van der Waals surface area contributed by atoms with Gasteiger partial charge in [0.05, 0.1) is 12.8 Å². The van der Waals surface area contributed by atoms with E-state index >= 15 is 0 Å². The molecule has 1 amide bonds. The highest BCUT2D eigenvalue weighted by Crippen LogP contribution is 2.58. The summed E-state index contributed by atoms with van der Waals surface area (Å²) in [7, 11) is 3.10. The lowest BCUT2D eigenvalue weighted by atomic mass is 9.92. The quantitative estimate of drug-likeness (QED) is 0.826. The molecule has 2 N–H and O–H groups in total. The summed E-state index contributed by atoms with van der Waals surface area (Å²) >= 11 is 0. The normalized spacial score (nSPS) is 21.8. The van der Waals surface area contributed by atoms with Crippen LogP contribution in [0.15, 0.2) is 12.3 Å². The first-order valence-electron chi connectivity index (χ1n) is 7.32. The number of hydrogen-bond acceptors (Lipinski definition) is 4. The van der Waals surface area contributed by atoms with Crippen molar-refractivity contribution in [2.24, 2.45) is 18.4 Å². The van der Waals surface area contributed by atoms with Crippen LogP contribution in [0.5, 0.6) is 0 Å². The maximum absolute atomic E-state index is 12.4. The Morgan fingerprint density at radius 1 is 1.41 bits per heavy atom. The molecule has 1 aliphatic carbocycles. The van der Waals surface area contributed by atoms with Gasteiger partial charge in [-0.3, -0.25) is 4.79 Å². The van der Waals surface area contributed by atoms with Gasteiger partial charge in [0.25, 0.3) is 0 Å². The lowest BCUT2D eigenvalue weighted by molar-refractivity contribution is -0.118. The zero-order valence-electron chi connectivity index (χ0n) is 12.8. The van der Waals surface area contributed by atoms with Crippen LogP contribution < -0.4 is 10.6 Å². The molecule has 3 rings (SSSR count). The molecule has 2 heterocycles. The molecule has 1 aromatic heterocycles. The minimum atomic E-state index is -0.403. The molecule has 1 atom stereocenters. The van der Waals surface area contributed by atoms with E-state index in [2.05, 4.69) is 10.6 Å². The summed E-state index contributed by atoms with van der Waals surface area (Å²) in [4.78, 5) is 23.9. The van der Waals surface area contributed by atoms with Crippen molar-refractivity contribution in [2.75, 3.05) is 25.5 Å². The predicted molar refractivity (Wildman–Crippen MR) is 85.3 cm³/mol. The standard InChI is InChI=1S/C15H21N3O3.ClH/c1-18-9-10(7-12(18)14(20)21-2)17-13(19)11-8-15(11)3-5-16-6-4-15;/h7,9,11,16H,3-6,8H2,1-2H3,(H,17,19);1H. The molecule has 6 nitrogen and oxygen atoms in total. The molecule has 1 aliphatic heterocycles. The van der Waals surface area contributed by atoms with Crippen LogP contribution in [0, 0.1) is 11.3 Å². The fourth-order valence-corrected chi connectivity index (χ4v) is 3.37. The van der Waals surface area contributed by atoms with Gasteiger partial charge in [-0.2, -0.15) is 0 Å². The number of ether oxygens (including phenoxy) is 1. The number of rotatable bonds is 3. The number of esters is 1. The van der Waals surface area contributed by atoms with E-state index in [1.54, 1.807) is 23.9 Å². The highest BCUT2D eigenvalue weighted by Gasteiger charge is 2.57. The summed E-state index contributed by atoms with van der Waals surface area (Å²) in [6.45, 7) is 2.00. The van der Waals surface area contributed by atoms with Crippen molar-refractivity contribution < 1.29 is 14.3 Å². The number of carbonyl (C=O) groups is 2. The first kappa shape index (κ1) is 16.8. The molecule has 7 heteroatoms. The molecule has 1 saturated carbocycles. The molecule has 122 valence electrons. The summed E-state index contributed by atoms with van der Waals surface area (Å²) in [6, 6.07) is 1.65. The van der Waals surface area contributed by atoms with Gasteiger partial charge in [0.15, 0.2) is 0 Å². The summed E-state index contributed by atoms with van der Waals surface area (Å²) < 4.78 is 6.37. The molecule has 1 spiro atoms. The van der Waals surface area contributed by atoms with Gasteiger partial charge in [-0.05, 0) is 43.8 Å². The minimum absolute atomic E-state index is 0. The third-order valence-electron chi connectivity index (χ3n) is 4.77. The first-order chi connectivity index (χ1) is 10.1. The number of nitrogens with zero attached hydrogens (tertiary/aromatic N) is 1. The molecule has 1 aromatic rings. The zero-order chi connectivity index (χ0) is 15.0. The number of amides is 1. The van der Waals surface area contributed by atoms with Gasteiger partial charge >= 0.3 is 5.97 Å². The largest absolute Gasteiger partial charge is 0.464 e. The van der Waals surface area contributed by atoms with Crippen molar-refractivity contribution in [3.8, 4) is 0 Å². The van der Waals surface area contributed by atoms with Crippen LogP contribution in [0.25, 0.3) is 0 Å². The predicted octanol–water partition coefficient (Wildman–Crippen LogP) is 1.56. The van der Waals surface area contributed by atoms with Crippen LogP contribution in [-0.4, -0.2) is 36.6 Å². The van der Waals surface area contributed by atoms with Crippen molar-refractivity contribution in [1.82, 2.24) is 9.88 Å². The van der Waals surface area contributed by atoms with Crippen molar-refractivity contribution in [1.29, 1.82) is 0 Å². The van der Waals surface area contributed by atoms with Crippen molar-refractivity contribution >= 4 is 30.0 Å². The Kier molecular flexibility index (Phi) is 4.82. The number of aromatic nitrogens is 1. The maximum Gasteiger partial charge on any atom is 0.354 e. The van der Waals surface area contributed by atoms with Gasteiger partial charge in [-0.1, -0.05) is 0 Å². The van der Waals surface area contributed by atoms with Crippen molar-refractivity contribution in [3.63, 3.8) is 0 Å². The number of methoxy groups -OCH3 is 1. The third-order valence-corrected chi connectivity index (χ3v) is 4.77. The topological polar surface area (TPSA) is 72.4 Å². The Labute approximate surface area is 136 Å². The molecule has 0 bridgehead atoms. The summed E-state index contributed by atoms with van der Waals surface area (Å²) in [6.07, 6.45) is 4.87. The molecule has 2 fully saturated rings. The number of hydrogen-bond donors (Lipinski definition) is 2. The van der Waals surface area contributed by atoms with Crippen LogP contribution in [-0.2, 0) is 16.6 Å². The van der Waals surface area contributed by atoms with E-state index in [0.29, 0.717) is 11.4 Å². The Morgan fingerprint density at radius 3 is 2.73 bits per heavy atom. The van der Waals surface area contributed by atoms with Gasteiger partial charge in [0.2, 0.25) is 5.91 Å². The lowest BCUT2D eigenvalue weighted by Gasteiger charge is -2.23. The van der Waals surface area contributed by atoms with Crippen LogP contribution in [0.2, 0.25) is 0 Å². The van der Waals surface area contributed by atoms with Crippen LogP contribution >= 0.6 is 12.4 Å². The molecule has 22 heavy (non-hydrogen) atoms. The van der Waals surface area contributed by atoms with Crippen molar-refractivity contribution in [3.05, 3.63) is 18.0 Å². The summed E-state index contributed by atoms with van der Waals surface area (Å²) in [5.41, 5.74) is 1.30. The molecule has 1 unspecified atom stereocenters. The molecular formula is C15H22ClN3O3. The average molecular weight is 328 g/mol. The number of piperidine rings is 1. The third kappa shape index (κ3) is 2.98. The summed E-state index contributed by atoms with van der Waals surface area (Å²) in [5.74, 6) is -0.223. The van der Waals surface area contributed by atoms with E-state index < -0.39 is 5.97 Å². The second kappa shape index (κ2) is 6.30. The van der Waals surface area contributed by atoms with Crippen molar-refractivity contribution in [2.45, 2.75) is 19.3 Å². The smallest absolute Gasteiger partial charge is 0.354 e. The number of halogens is 1. The van der Waals surface area contributed by atoms with Crippen LogP contribution in [0.3, 0.4) is 0 Å². The highest BCUT2D eigenvalue weighted by atomic mass is 35.5. The van der Waals surface area contributed by atoms with Crippen LogP contribution in [0.4, 0.5) is 5.69 Å². The Hall–Kier alpha value is -1.53. The zero-order valence-corrected chi connectivity index (χ0v) is 13.7. The van der Waals surface area contributed by atoms with E-state index in [9.17, 15) is 9.59 Å². The molecule has 2 aliphatic rings. The molecular weight excluding hydrogens is 306 g/mol. The van der Waals surface area contributed by atoms with E-state index in [0.717, 1.165) is 32.4 Å². The highest BCUT2D eigenvalue weighted by molar-refractivity contribution is 5.97. The number of aryl methyl sites for hydroxylation is 1. The maximum atomic E-state index is 12.4. The first-order valence-corrected chi connectivity index (χ1v) is 7.32. The van der Waals surface area contributed by atoms with E-state index in [1.165, 1.54) is 7.11 Å². The monoisotopic (exact) mass is 327 g/mol. The Morgan fingerprint density at radius 2 is 2.09 bits per heavy atom. The van der Waals surface area contributed by atoms with Gasteiger partial charge < -0.3 is 19.9 Å². The van der Waals surface area contributed by atoms with Gasteiger partial charge in [-0.15, -0.1) is 12.4 Å². The van der Waals surface area contributed by atoms with Gasteiger partial charge in [0.1, 0.15) is 5.69 Å². The average Bonchev–Trinajstić information content (AvgIpc) is 3.04. The van der Waals surface area contributed by atoms with Gasteiger partial charge in [0, 0.05) is 19.2 Å². The second-order valence-corrected chi connectivity index (χ2v) is 6.07. The van der Waals surface area contributed by atoms with Crippen LogP contribution in [0.1, 0.15) is 29.8 Å². The molecule has 0 aromatic carbocycles. The minimum Gasteiger partial charge on any atom is -0.464 e. The van der Waals surface area contributed by atoms with E-state index in [1.807, 2.05) is 0 Å². The Bertz CT molecular complexity index is 579.